The molecule has 3 aromatic carbocycles. The lowest BCUT2D eigenvalue weighted by Crippen LogP contribution is -1.94. The molecular weight excluding hydrogens is 332 g/mol. The third-order valence-corrected chi connectivity index (χ3v) is 5.38. The van der Waals surface area contributed by atoms with Gasteiger partial charge in [0, 0.05) is 33.4 Å². The van der Waals surface area contributed by atoms with Crippen LogP contribution in [0, 0.1) is 6.92 Å². The standard InChI is InChI=1S/C24H16N2O/c1-15-12-16(13-20-19-10-11-25-14-23(19)27-24(15)20)26-21-8-4-2-6-17(21)18-7-3-5-9-22(18)26/h2-14H,1H3. The van der Waals surface area contributed by atoms with Gasteiger partial charge in [0.2, 0.25) is 0 Å². The van der Waals surface area contributed by atoms with Crippen LogP contribution in [0.25, 0.3) is 49.4 Å². The molecule has 6 aromatic rings. The molecule has 128 valence electrons. The van der Waals surface area contributed by atoms with E-state index in [9.17, 15) is 0 Å². The number of benzene rings is 3. The van der Waals surface area contributed by atoms with Crippen LogP contribution in [0.3, 0.4) is 0 Å². The molecule has 0 fully saturated rings. The Hall–Kier alpha value is -3.59. The van der Waals surface area contributed by atoms with Crippen LogP contribution >= 0.6 is 0 Å². The second-order valence-electron chi connectivity index (χ2n) is 6.98. The van der Waals surface area contributed by atoms with Crippen molar-refractivity contribution >= 4 is 43.7 Å². The highest BCUT2D eigenvalue weighted by Crippen LogP contribution is 2.36. The molecule has 0 radical (unpaired) electrons. The van der Waals surface area contributed by atoms with Gasteiger partial charge < -0.3 is 8.98 Å². The summed E-state index contributed by atoms with van der Waals surface area (Å²) in [5.41, 5.74) is 6.47. The Morgan fingerprint density at radius 2 is 1.48 bits per heavy atom. The zero-order valence-corrected chi connectivity index (χ0v) is 14.8. The monoisotopic (exact) mass is 348 g/mol. The molecule has 3 heteroatoms. The molecule has 0 amide bonds. The van der Waals surface area contributed by atoms with E-state index in [0.717, 1.165) is 33.2 Å². The van der Waals surface area contributed by atoms with Crippen LogP contribution in [0.4, 0.5) is 0 Å². The van der Waals surface area contributed by atoms with Crippen LogP contribution in [0.5, 0.6) is 0 Å². The van der Waals surface area contributed by atoms with Crippen molar-refractivity contribution < 1.29 is 4.42 Å². The van der Waals surface area contributed by atoms with E-state index in [1.807, 2.05) is 12.3 Å². The second kappa shape index (κ2) is 5.21. The number of pyridine rings is 1. The highest BCUT2D eigenvalue weighted by Gasteiger charge is 2.15. The normalized spacial score (nSPS) is 11.9. The first kappa shape index (κ1) is 14.6. The first-order valence-electron chi connectivity index (χ1n) is 9.07. The van der Waals surface area contributed by atoms with Gasteiger partial charge in [-0.1, -0.05) is 36.4 Å². The van der Waals surface area contributed by atoms with Crippen molar-refractivity contribution in [2.75, 3.05) is 0 Å². The van der Waals surface area contributed by atoms with E-state index in [-0.39, 0.29) is 0 Å². The molecule has 0 bridgehead atoms. The van der Waals surface area contributed by atoms with Crippen molar-refractivity contribution in [1.82, 2.24) is 9.55 Å². The lowest BCUT2D eigenvalue weighted by molar-refractivity contribution is 0.663. The average Bonchev–Trinajstić information content (AvgIpc) is 3.24. The van der Waals surface area contributed by atoms with Crippen LogP contribution in [0.15, 0.2) is 83.5 Å². The van der Waals surface area contributed by atoms with Crippen molar-refractivity contribution in [1.29, 1.82) is 0 Å². The van der Waals surface area contributed by atoms with Gasteiger partial charge in [-0.15, -0.1) is 0 Å². The Labute approximate surface area is 155 Å². The number of rotatable bonds is 1. The maximum atomic E-state index is 6.06. The average molecular weight is 348 g/mol. The smallest absolute Gasteiger partial charge is 0.153 e. The molecular formula is C24H16N2O. The maximum Gasteiger partial charge on any atom is 0.153 e. The molecule has 0 aliphatic heterocycles. The van der Waals surface area contributed by atoms with Crippen molar-refractivity contribution in [3.8, 4) is 5.69 Å². The van der Waals surface area contributed by atoms with E-state index >= 15 is 0 Å². The molecule has 0 spiro atoms. The van der Waals surface area contributed by atoms with Crippen molar-refractivity contribution in [2.24, 2.45) is 0 Å². The number of hydrogen-bond acceptors (Lipinski definition) is 2. The molecule has 27 heavy (non-hydrogen) atoms. The predicted molar refractivity (Wildman–Crippen MR) is 111 cm³/mol. The topological polar surface area (TPSA) is 31.0 Å². The van der Waals surface area contributed by atoms with Crippen molar-refractivity contribution in [3.05, 3.63) is 84.7 Å². The molecule has 0 saturated heterocycles. The summed E-state index contributed by atoms with van der Waals surface area (Å²) in [5.74, 6) is 0. The van der Waals surface area contributed by atoms with Crippen LogP contribution in [0.1, 0.15) is 5.56 Å². The summed E-state index contributed by atoms with van der Waals surface area (Å²) < 4.78 is 8.40. The summed E-state index contributed by atoms with van der Waals surface area (Å²) in [4.78, 5) is 4.19. The van der Waals surface area contributed by atoms with Crippen LogP contribution in [-0.4, -0.2) is 9.55 Å². The number of fused-ring (bicyclic) bond motifs is 6. The molecule has 0 aliphatic carbocycles. The number of hydrogen-bond donors (Lipinski definition) is 0. The first-order valence-corrected chi connectivity index (χ1v) is 9.07. The zero-order valence-electron chi connectivity index (χ0n) is 14.8. The van der Waals surface area contributed by atoms with Crippen LogP contribution < -0.4 is 0 Å². The third-order valence-electron chi connectivity index (χ3n) is 5.38. The summed E-state index contributed by atoms with van der Waals surface area (Å²) in [5, 5.41) is 4.77. The minimum atomic E-state index is 0.829. The Bertz CT molecular complexity index is 1430. The van der Waals surface area contributed by atoms with Gasteiger partial charge in [-0.2, -0.15) is 0 Å². The maximum absolute atomic E-state index is 6.06. The Balaban J connectivity index is 1.79. The van der Waals surface area contributed by atoms with E-state index in [1.165, 1.54) is 21.8 Å². The lowest BCUT2D eigenvalue weighted by Gasteiger charge is -2.09. The molecule has 0 saturated carbocycles. The molecule has 0 aliphatic rings. The Morgan fingerprint density at radius 1 is 0.778 bits per heavy atom. The molecule has 0 atom stereocenters. The van der Waals surface area contributed by atoms with Gasteiger partial charge in [-0.05, 0) is 42.8 Å². The molecule has 0 unspecified atom stereocenters. The van der Waals surface area contributed by atoms with Crippen molar-refractivity contribution in [2.45, 2.75) is 6.92 Å². The minimum Gasteiger partial charge on any atom is -0.454 e. The van der Waals surface area contributed by atoms with Gasteiger partial charge in [0.15, 0.2) is 5.58 Å². The van der Waals surface area contributed by atoms with Gasteiger partial charge in [-0.3, -0.25) is 4.98 Å². The number of furan rings is 1. The molecule has 6 rings (SSSR count). The Kier molecular flexibility index (Phi) is 2.81. The molecule has 3 aromatic heterocycles. The third kappa shape index (κ3) is 1.94. The SMILES string of the molecule is Cc1cc(-n2c3ccccc3c3ccccc32)cc2c1oc1cnccc12. The number of para-hydroxylation sites is 2. The summed E-state index contributed by atoms with van der Waals surface area (Å²) in [6.45, 7) is 2.11. The van der Waals surface area contributed by atoms with E-state index in [2.05, 4.69) is 77.1 Å². The summed E-state index contributed by atoms with van der Waals surface area (Å²) in [7, 11) is 0. The van der Waals surface area contributed by atoms with E-state index in [0.29, 0.717) is 0 Å². The zero-order chi connectivity index (χ0) is 18.0. The van der Waals surface area contributed by atoms with E-state index in [4.69, 9.17) is 4.42 Å². The fourth-order valence-corrected chi connectivity index (χ4v) is 4.21. The van der Waals surface area contributed by atoms with Gasteiger partial charge in [0.25, 0.3) is 0 Å². The van der Waals surface area contributed by atoms with Gasteiger partial charge >= 0.3 is 0 Å². The fourth-order valence-electron chi connectivity index (χ4n) is 4.21. The van der Waals surface area contributed by atoms with Gasteiger partial charge in [0.1, 0.15) is 5.58 Å². The molecule has 0 N–H and O–H groups in total. The molecule has 3 heterocycles. The number of aryl methyl sites for hydroxylation is 1. The van der Waals surface area contributed by atoms with Crippen LogP contribution in [-0.2, 0) is 0 Å². The number of aromatic nitrogens is 2. The van der Waals surface area contributed by atoms with E-state index in [1.54, 1.807) is 6.20 Å². The Morgan fingerprint density at radius 3 is 2.22 bits per heavy atom. The van der Waals surface area contributed by atoms with E-state index < -0.39 is 0 Å². The largest absolute Gasteiger partial charge is 0.454 e. The summed E-state index contributed by atoms with van der Waals surface area (Å²) >= 11 is 0. The second-order valence-corrected chi connectivity index (χ2v) is 6.98. The van der Waals surface area contributed by atoms with Crippen molar-refractivity contribution in [3.63, 3.8) is 0 Å². The number of nitrogens with zero attached hydrogens (tertiary/aromatic N) is 2. The highest BCUT2D eigenvalue weighted by molar-refractivity contribution is 6.10. The fraction of sp³-hybridized carbons (Fsp3) is 0.0417. The minimum absolute atomic E-state index is 0.829. The predicted octanol–water partition coefficient (Wildman–Crippen LogP) is 6.39. The molecule has 3 nitrogen and oxygen atoms in total. The first-order chi connectivity index (χ1) is 13.3. The summed E-state index contributed by atoms with van der Waals surface area (Å²) in [6.07, 6.45) is 3.61. The van der Waals surface area contributed by atoms with Gasteiger partial charge in [-0.25, -0.2) is 0 Å². The van der Waals surface area contributed by atoms with Gasteiger partial charge in [0.05, 0.1) is 17.2 Å². The summed E-state index contributed by atoms with van der Waals surface area (Å²) in [6, 6.07) is 23.6. The lowest BCUT2D eigenvalue weighted by atomic mass is 10.1. The quantitative estimate of drug-likeness (QED) is 0.345. The highest BCUT2D eigenvalue weighted by atomic mass is 16.3. The van der Waals surface area contributed by atoms with Crippen LogP contribution in [0.2, 0.25) is 0 Å².